The average molecular weight is 1330 g/mol. The first kappa shape index (κ1) is 62.3. The second-order valence-corrected chi connectivity index (χ2v) is 18.9. The van der Waals surface area contributed by atoms with Crippen molar-refractivity contribution >= 4 is 108 Å². The van der Waals surface area contributed by atoms with Crippen LogP contribution in [-0.2, 0) is 14.2 Å². The Labute approximate surface area is 509 Å². The predicted molar refractivity (Wildman–Crippen MR) is 312 cm³/mol. The number of amides is 1. The summed E-state index contributed by atoms with van der Waals surface area (Å²) in [5.74, 6) is -5.88. The number of aromatic nitrogens is 6. The van der Waals surface area contributed by atoms with Gasteiger partial charge in [0.1, 0.15) is 45.8 Å². The van der Waals surface area contributed by atoms with Crippen LogP contribution in [0.25, 0.3) is 50.5 Å². The van der Waals surface area contributed by atoms with E-state index in [0.717, 1.165) is 22.1 Å². The number of hydrogen-bond acceptors (Lipinski definition) is 20. The number of ether oxygens (including phenoxy) is 3. The summed E-state index contributed by atoms with van der Waals surface area (Å²) < 4.78 is 45.2. The normalized spacial score (nSPS) is 10.4. The zero-order chi connectivity index (χ0) is 63.2. The fourth-order valence-corrected chi connectivity index (χ4v) is 8.55. The van der Waals surface area contributed by atoms with Gasteiger partial charge in [-0.1, -0.05) is 18.2 Å². The summed E-state index contributed by atoms with van der Waals surface area (Å²) in [5, 5.41) is 41.7. The maximum absolute atomic E-state index is 12.5. The van der Waals surface area contributed by atoms with E-state index in [-0.39, 0.29) is 50.9 Å². The first-order valence-electron chi connectivity index (χ1n) is 24.8. The molecule has 88 heavy (non-hydrogen) atoms. The van der Waals surface area contributed by atoms with Gasteiger partial charge in [-0.25, -0.2) is 42.3 Å². The van der Waals surface area contributed by atoms with Gasteiger partial charge in [0, 0.05) is 71.7 Å². The van der Waals surface area contributed by atoms with Gasteiger partial charge in [-0.15, -0.1) is 0 Å². The lowest BCUT2D eigenvalue weighted by Crippen LogP contribution is -2.14. The number of para-hydroxylation sites is 1. The highest BCUT2D eigenvalue weighted by molar-refractivity contribution is 9.10. The molecule has 0 aliphatic rings. The van der Waals surface area contributed by atoms with E-state index in [1.54, 1.807) is 111 Å². The van der Waals surface area contributed by atoms with Gasteiger partial charge in [0.05, 0.1) is 43.4 Å². The molecule has 11 heterocycles. The third kappa shape index (κ3) is 14.8. The molecule has 446 valence electrons. The van der Waals surface area contributed by atoms with Crippen molar-refractivity contribution in [2.24, 2.45) is 0 Å². The molecule has 1 amide bonds. The van der Waals surface area contributed by atoms with Gasteiger partial charge in [-0.2, -0.15) is 15.3 Å². The summed E-state index contributed by atoms with van der Waals surface area (Å²) >= 11 is 5.96. The van der Waals surface area contributed by atoms with E-state index in [1.807, 2.05) is 24.3 Å². The first-order chi connectivity index (χ1) is 42.3. The van der Waals surface area contributed by atoms with E-state index in [1.165, 1.54) is 57.9 Å². The molecule has 0 fully saturated rings. The number of carboxylic acids is 3. The molecule has 0 aliphatic carbocycles. The molecule has 11 aromatic heterocycles. The molecule has 0 saturated heterocycles. The maximum Gasteiger partial charge on any atom is 0.372 e. The van der Waals surface area contributed by atoms with E-state index >= 15 is 0 Å². The third-order valence-corrected chi connectivity index (χ3v) is 12.7. The van der Waals surface area contributed by atoms with Gasteiger partial charge < -0.3 is 56.9 Å². The van der Waals surface area contributed by atoms with Gasteiger partial charge in [-0.3, -0.25) is 14.4 Å². The molecule has 0 saturated carbocycles. The van der Waals surface area contributed by atoms with Crippen molar-refractivity contribution in [1.82, 2.24) is 28.8 Å². The third-order valence-electron chi connectivity index (χ3n) is 11.9. The van der Waals surface area contributed by atoms with E-state index in [2.05, 4.69) is 71.1 Å². The van der Waals surface area contributed by atoms with Crippen LogP contribution in [0.5, 0.6) is 0 Å². The summed E-state index contributed by atoms with van der Waals surface area (Å²) in [6.45, 7) is 0. The minimum Gasteiger partial charge on any atom is -0.478 e. The number of fused-ring (bicyclic) bond motifs is 3. The highest BCUT2D eigenvalue weighted by Crippen LogP contribution is 2.30. The summed E-state index contributed by atoms with van der Waals surface area (Å²) in [6, 6.07) is 31.9. The van der Waals surface area contributed by atoms with Crippen molar-refractivity contribution < 1.29 is 94.8 Å². The SMILES string of the molecule is COC(=O)c1cc(-c2ccn3nccc3c2)oc1C(=O)O.COC(=O)c1cc(-c2ccn3nccc3c2)oc1C=O.COC(=O)c1cc(Br)oc1C=O.O=C(O)c1cc(-c2ccn3nccc3c2)oc1C(=O)Nc1ccccc1.O=C(O)c1coc(Br)c1. The van der Waals surface area contributed by atoms with Crippen LogP contribution in [0.15, 0.2) is 190 Å². The van der Waals surface area contributed by atoms with E-state index in [9.17, 15) is 48.3 Å². The number of carboxylic acid groups (broad SMARTS) is 3. The molecule has 0 radical (unpaired) electrons. The fourth-order valence-electron chi connectivity index (χ4n) is 7.81. The Bertz CT molecular complexity index is 4560. The van der Waals surface area contributed by atoms with Crippen LogP contribution in [0.4, 0.5) is 5.69 Å². The van der Waals surface area contributed by atoms with Gasteiger partial charge in [0.2, 0.25) is 11.5 Å². The van der Waals surface area contributed by atoms with Crippen molar-refractivity contribution in [3.8, 4) is 34.0 Å². The Balaban J connectivity index is 0.000000148. The minimum absolute atomic E-state index is 0.0336. The Hall–Kier alpha value is -11.7. The van der Waals surface area contributed by atoms with E-state index in [4.69, 9.17) is 27.9 Å². The summed E-state index contributed by atoms with van der Waals surface area (Å²) in [6.07, 6.45) is 12.3. The highest BCUT2D eigenvalue weighted by atomic mass is 79.9. The van der Waals surface area contributed by atoms with Crippen molar-refractivity contribution in [3.05, 3.63) is 219 Å². The Morgan fingerprint density at radius 1 is 0.489 bits per heavy atom. The standard InChI is InChI=1S/C19H13N3O4.C14H10N2O5.C14H10N2O4.C7H5BrO4.C5H3BrO3/c23-18(21-13-4-2-1-3-5-13)17-15(19(24)25)11-16(26-17)12-7-9-22-14(10-12)6-8-20-22;1-20-14(19)10-7-11(21-12(10)13(17)18)8-3-5-16-9(6-8)2-4-15-16;1-19-14(18)11-7-12(20-13(11)8-17)9-3-5-16-10(6-9)2-4-15-16;1-11-7(10)4-2-6(8)12-5(4)3-9;6-4-1-3(2-9-4)5(7)8/h1-11H,(H,21,23)(H,24,25);2-7H,1H3,(H,17,18);2-8H,1H3;2-3H,1H3;1-2H,(H,7,8). The number of hydrogen-bond donors (Lipinski definition) is 4. The van der Waals surface area contributed by atoms with Crippen LogP contribution in [-0.4, -0.2) is 120 Å². The molecule has 0 unspecified atom stereocenters. The number of halogens is 2. The molecule has 0 atom stereocenters. The van der Waals surface area contributed by atoms with Crippen LogP contribution in [0.3, 0.4) is 0 Å². The number of methoxy groups -OCH3 is 3. The largest absolute Gasteiger partial charge is 0.478 e. The smallest absolute Gasteiger partial charge is 0.372 e. The minimum atomic E-state index is -1.33. The van der Waals surface area contributed by atoms with Crippen LogP contribution in [0, 0.1) is 0 Å². The lowest BCUT2D eigenvalue weighted by molar-refractivity contribution is 0.0571. The second-order valence-electron chi connectivity index (χ2n) is 17.4. The molecule has 12 aromatic rings. The van der Waals surface area contributed by atoms with Gasteiger partial charge in [0.25, 0.3) is 5.91 Å². The fraction of sp³-hybridized carbons (Fsp3) is 0.0508. The lowest BCUT2D eigenvalue weighted by atomic mass is 10.1. The summed E-state index contributed by atoms with van der Waals surface area (Å²) in [7, 11) is 3.67. The molecule has 4 N–H and O–H groups in total. The molecule has 27 nitrogen and oxygen atoms in total. The number of carbonyl (C=O) groups is 9. The van der Waals surface area contributed by atoms with Crippen molar-refractivity contribution in [1.29, 1.82) is 0 Å². The van der Waals surface area contributed by atoms with Gasteiger partial charge >= 0.3 is 35.8 Å². The number of pyridine rings is 3. The van der Waals surface area contributed by atoms with Crippen molar-refractivity contribution in [2.45, 2.75) is 0 Å². The molecular formula is C59H41Br2N7O20. The molecule has 1 aromatic carbocycles. The number of aromatic carboxylic acids is 3. The number of aldehydes is 2. The summed E-state index contributed by atoms with van der Waals surface area (Å²) in [4.78, 5) is 101. The average Bonchev–Trinajstić information content (AvgIpc) is 3.40. The topological polar surface area (TPSA) is 372 Å². The maximum atomic E-state index is 12.5. The zero-order valence-electron chi connectivity index (χ0n) is 45.4. The van der Waals surface area contributed by atoms with Crippen molar-refractivity contribution in [2.75, 3.05) is 26.6 Å². The summed E-state index contributed by atoms with van der Waals surface area (Å²) in [5.41, 5.74) is 5.20. The second kappa shape index (κ2) is 28.2. The predicted octanol–water partition coefficient (Wildman–Crippen LogP) is 11.2. The highest BCUT2D eigenvalue weighted by Gasteiger charge is 2.26. The number of benzene rings is 1. The zero-order valence-corrected chi connectivity index (χ0v) is 48.6. The quantitative estimate of drug-likeness (QED) is 0.0473. The molecule has 0 spiro atoms. The van der Waals surface area contributed by atoms with Crippen molar-refractivity contribution in [3.63, 3.8) is 0 Å². The Morgan fingerprint density at radius 3 is 1.36 bits per heavy atom. The number of carbonyl (C=O) groups excluding carboxylic acids is 6. The number of nitrogens with one attached hydrogen (secondary N) is 1. The van der Waals surface area contributed by atoms with E-state index in [0.29, 0.717) is 50.2 Å². The van der Waals surface area contributed by atoms with Crippen LogP contribution >= 0.6 is 31.9 Å². The molecule has 12 rings (SSSR count). The number of anilines is 1. The van der Waals surface area contributed by atoms with Crippen LogP contribution < -0.4 is 5.32 Å². The number of furan rings is 5. The molecular weight excluding hydrogens is 1290 g/mol. The molecule has 29 heteroatoms. The number of esters is 3. The molecule has 0 bridgehead atoms. The van der Waals surface area contributed by atoms with E-state index < -0.39 is 47.5 Å². The van der Waals surface area contributed by atoms with Crippen LogP contribution in [0.1, 0.15) is 94.0 Å². The number of nitrogens with zero attached hydrogens (tertiary/aromatic N) is 6. The first-order valence-corrected chi connectivity index (χ1v) is 26.4. The molecule has 0 aliphatic heterocycles. The Kier molecular flexibility index (Phi) is 20.0. The number of rotatable bonds is 13. The van der Waals surface area contributed by atoms with Crippen LogP contribution in [0.2, 0.25) is 0 Å². The monoisotopic (exact) mass is 1330 g/mol. The Morgan fingerprint density at radius 2 is 0.932 bits per heavy atom. The lowest BCUT2D eigenvalue weighted by Gasteiger charge is -2.03. The van der Waals surface area contributed by atoms with Gasteiger partial charge in [-0.05, 0) is 117 Å². The van der Waals surface area contributed by atoms with Gasteiger partial charge in [0.15, 0.2) is 33.4 Å².